The number of methoxy groups -OCH3 is 2. The number of H-pyrrole nitrogens is 1. The monoisotopic (exact) mass is 853 g/mol. The number of likely N-dealkylation sites (N-methyl/N-ethyl adjacent to an activating group) is 1. The normalized spacial score (nSPS) is 15.8. The molecule has 2 fully saturated rings. The summed E-state index contributed by atoms with van der Waals surface area (Å²) >= 11 is 1.55. The largest absolute Gasteiger partial charge is 0.496 e. The van der Waals surface area contributed by atoms with E-state index in [-0.39, 0.29) is 29.2 Å². The van der Waals surface area contributed by atoms with Gasteiger partial charge in [0.25, 0.3) is 0 Å². The van der Waals surface area contributed by atoms with Crippen LogP contribution in [0.15, 0.2) is 52.6 Å². The third kappa shape index (κ3) is 18.1. The van der Waals surface area contributed by atoms with Crippen LogP contribution in [0.2, 0.25) is 0 Å². The molecule has 0 bridgehead atoms. The van der Waals surface area contributed by atoms with Crippen LogP contribution in [0, 0.1) is 24.7 Å². The van der Waals surface area contributed by atoms with Gasteiger partial charge in [-0.3, -0.25) is 19.2 Å². The topological polar surface area (TPSA) is 178 Å². The number of ether oxygens (including phenoxy) is 3. The molecular weight excluding hydrogens is 781 g/mol. The van der Waals surface area contributed by atoms with Crippen LogP contribution < -0.4 is 31.3 Å². The standard InChI is InChI=1S/C17H18N2O2S.C11H17NO2.C7H12N2O2.C5H9NO.C4H10.C2H6/c1-9(2)13-8-22-17(19-13)12-7-14(20)11-5-6-15(21-4)10(3)16(11)18-12;1-3-12-10-5-4-6-11(9-10)14-8-7-13-2;1-8-7(11)6-3-2-4-9(6)5-10;1-3-2-4(3)5(6)7;1-4(2)3;1-2/h5-9H,1-4H3,(H,18,20);4-6,9,12H,3,7-8H2,1-2H3;5-6H,2-4H2,1H3,(H,8,11);3-4H,2H2,1H3,(H2,6,7);4H,1-3H3;1-2H3. The molecule has 3 heterocycles. The molecule has 2 aromatic carbocycles. The van der Waals surface area contributed by atoms with Gasteiger partial charge in [0.1, 0.15) is 29.2 Å². The van der Waals surface area contributed by atoms with Gasteiger partial charge >= 0.3 is 0 Å². The van der Waals surface area contributed by atoms with E-state index in [0.717, 1.165) is 82.8 Å². The van der Waals surface area contributed by atoms with E-state index in [4.69, 9.17) is 19.9 Å². The van der Waals surface area contributed by atoms with Crippen molar-refractivity contribution in [1.29, 1.82) is 0 Å². The number of fused-ring (bicyclic) bond motifs is 1. The first-order chi connectivity index (χ1) is 28.6. The number of likely N-dealkylation sites (tertiary alicyclic amines) is 1. The zero-order valence-corrected chi connectivity index (χ0v) is 39.1. The molecule has 1 saturated carbocycles. The van der Waals surface area contributed by atoms with Gasteiger partial charge in [0.15, 0.2) is 5.43 Å². The third-order valence-electron chi connectivity index (χ3n) is 9.00. The Kier molecular flexibility index (Phi) is 25.2. The molecule has 1 aliphatic carbocycles. The molecule has 6 rings (SSSR count). The van der Waals surface area contributed by atoms with Crippen LogP contribution >= 0.6 is 11.3 Å². The summed E-state index contributed by atoms with van der Waals surface area (Å²) in [6.45, 7) is 23.6. The fraction of sp³-hybridized carbons (Fsp3) is 0.543. The molecule has 1 aliphatic heterocycles. The van der Waals surface area contributed by atoms with Crippen LogP contribution in [0.4, 0.5) is 5.69 Å². The number of aryl methyl sites for hydroxylation is 1. The number of rotatable bonds is 12. The number of benzene rings is 2. The molecule has 0 spiro atoms. The lowest BCUT2D eigenvalue weighted by atomic mass is 10.1. The molecule has 13 nitrogen and oxygen atoms in total. The molecule has 2 aromatic heterocycles. The van der Waals surface area contributed by atoms with E-state index in [1.807, 2.05) is 63.4 Å². The second-order valence-electron chi connectivity index (χ2n) is 15.1. The van der Waals surface area contributed by atoms with Crippen molar-refractivity contribution in [3.63, 3.8) is 0 Å². The third-order valence-corrected chi connectivity index (χ3v) is 9.90. The van der Waals surface area contributed by atoms with Crippen LogP contribution in [0.1, 0.15) is 98.8 Å². The Morgan fingerprint density at radius 3 is 2.25 bits per heavy atom. The van der Waals surface area contributed by atoms with Crippen LogP contribution in [-0.4, -0.2) is 86.7 Å². The Labute approximate surface area is 362 Å². The van der Waals surface area contributed by atoms with Crippen molar-refractivity contribution < 1.29 is 28.6 Å². The average Bonchev–Trinajstić information content (AvgIpc) is 3.56. The van der Waals surface area contributed by atoms with Crippen molar-refractivity contribution in [2.45, 2.75) is 100 Å². The van der Waals surface area contributed by atoms with Gasteiger partial charge < -0.3 is 40.5 Å². The lowest BCUT2D eigenvalue weighted by Crippen LogP contribution is -2.41. The van der Waals surface area contributed by atoms with Crippen molar-refractivity contribution in [3.8, 4) is 22.2 Å². The van der Waals surface area contributed by atoms with Gasteiger partial charge in [-0.25, -0.2) is 4.98 Å². The fourth-order valence-corrected chi connectivity index (χ4v) is 6.63. The number of hydrogen-bond acceptors (Lipinski definition) is 10. The number of carbonyl (C=O) groups is 3. The molecule has 2 aliphatic rings. The number of nitrogens with zero attached hydrogens (tertiary/aromatic N) is 2. The number of thiazole rings is 1. The van der Waals surface area contributed by atoms with Crippen molar-refractivity contribution in [3.05, 3.63) is 69.3 Å². The Bertz CT molecular complexity index is 1930. The summed E-state index contributed by atoms with van der Waals surface area (Å²) in [5, 5.41) is 9.31. The van der Waals surface area contributed by atoms with E-state index in [1.165, 1.54) is 0 Å². The highest BCUT2D eigenvalue weighted by Gasteiger charge is 2.37. The van der Waals surface area contributed by atoms with Crippen LogP contribution in [-0.2, 0) is 19.1 Å². The number of amides is 3. The molecular formula is C46H72N6O7S. The number of pyridine rings is 1. The van der Waals surface area contributed by atoms with E-state index in [2.05, 4.69) is 62.1 Å². The molecule has 0 radical (unpaired) electrons. The highest BCUT2D eigenvalue weighted by atomic mass is 32.1. The van der Waals surface area contributed by atoms with E-state index >= 15 is 0 Å². The van der Waals surface area contributed by atoms with Crippen LogP contribution in [0.25, 0.3) is 21.6 Å². The first kappa shape index (κ1) is 53.1. The molecule has 5 N–H and O–H groups in total. The Balaban J connectivity index is 0.000000409. The van der Waals surface area contributed by atoms with Crippen molar-refractivity contribution >= 4 is 46.2 Å². The minimum Gasteiger partial charge on any atom is -0.496 e. The highest BCUT2D eigenvalue weighted by Crippen LogP contribution is 2.36. The lowest BCUT2D eigenvalue weighted by Gasteiger charge is -2.17. The first-order valence-corrected chi connectivity index (χ1v) is 21.8. The Hall–Kier alpha value is -4.95. The number of anilines is 1. The molecule has 60 heavy (non-hydrogen) atoms. The predicted molar refractivity (Wildman–Crippen MR) is 247 cm³/mol. The van der Waals surface area contributed by atoms with Crippen molar-refractivity contribution in [2.75, 3.05) is 52.9 Å². The maximum absolute atomic E-state index is 12.4. The number of hydrogen-bond donors (Lipinski definition) is 4. The molecule has 3 amide bonds. The maximum atomic E-state index is 12.4. The van der Waals surface area contributed by atoms with Crippen LogP contribution in [0.3, 0.4) is 0 Å². The van der Waals surface area contributed by atoms with Gasteiger partial charge in [0, 0.05) is 67.3 Å². The van der Waals surface area contributed by atoms with Gasteiger partial charge in [-0.15, -0.1) is 11.3 Å². The summed E-state index contributed by atoms with van der Waals surface area (Å²) in [6, 6.07) is 12.9. The molecule has 334 valence electrons. The smallest absolute Gasteiger partial charge is 0.242 e. The Morgan fingerprint density at radius 1 is 1.08 bits per heavy atom. The number of nitrogens with two attached hydrogens (primary N) is 1. The van der Waals surface area contributed by atoms with E-state index in [1.54, 1.807) is 49.6 Å². The summed E-state index contributed by atoms with van der Waals surface area (Å²) in [4.78, 5) is 53.5. The zero-order valence-electron chi connectivity index (χ0n) is 38.3. The van der Waals surface area contributed by atoms with Gasteiger partial charge in [0.05, 0.1) is 30.6 Å². The van der Waals surface area contributed by atoms with Gasteiger partial charge in [-0.05, 0) is 75.1 Å². The second-order valence-corrected chi connectivity index (χ2v) is 15.9. The second kappa shape index (κ2) is 28.5. The summed E-state index contributed by atoms with van der Waals surface area (Å²) in [5.74, 6) is 3.43. The van der Waals surface area contributed by atoms with E-state index < -0.39 is 0 Å². The fourth-order valence-electron chi connectivity index (χ4n) is 5.67. The quantitative estimate of drug-likeness (QED) is 0.0805. The number of primary amides is 1. The van der Waals surface area contributed by atoms with Crippen molar-refractivity contribution in [2.24, 2.45) is 23.5 Å². The number of aromatic amines is 1. The zero-order chi connectivity index (χ0) is 45.4. The van der Waals surface area contributed by atoms with Crippen LogP contribution in [0.5, 0.6) is 11.5 Å². The molecule has 3 atom stereocenters. The summed E-state index contributed by atoms with van der Waals surface area (Å²) in [5.41, 5.74) is 9.57. The summed E-state index contributed by atoms with van der Waals surface area (Å²) < 4.78 is 15.7. The molecule has 3 unspecified atom stereocenters. The average molecular weight is 853 g/mol. The molecule has 14 heteroatoms. The van der Waals surface area contributed by atoms with Gasteiger partial charge in [0.2, 0.25) is 18.2 Å². The van der Waals surface area contributed by atoms with E-state index in [9.17, 15) is 19.2 Å². The minimum absolute atomic E-state index is 0.00389. The molecule has 4 aromatic rings. The Morgan fingerprint density at radius 2 is 1.75 bits per heavy atom. The predicted octanol–water partition coefficient (Wildman–Crippen LogP) is 8.41. The number of nitrogens with one attached hydrogen (secondary N) is 3. The van der Waals surface area contributed by atoms with Gasteiger partial charge in [-0.1, -0.05) is 61.5 Å². The van der Waals surface area contributed by atoms with Crippen molar-refractivity contribution in [1.82, 2.24) is 20.2 Å². The maximum Gasteiger partial charge on any atom is 0.242 e. The first-order valence-electron chi connectivity index (χ1n) is 21.0. The number of carbonyl (C=O) groups excluding carboxylic acids is 3. The SMILES string of the molecule is CC.CC(C)C.CC1CC1C(N)=O.CCNc1cccc(OCCOC)c1.CNC(=O)C1CCCN1C=O.COc1ccc2c(=O)cc(-c3nc(C(C)C)cs3)[nH]c2c1C. The lowest BCUT2D eigenvalue weighted by molar-refractivity contribution is -0.130. The minimum atomic E-state index is -0.225. The summed E-state index contributed by atoms with van der Waals surface area (Å²) in [6.07, 6.45) is 3.47. The van der Waals surface area contributed by atoms with Gasteiger partial charge in [-0.2, -0.15) is 0 Å². The highest BCUT2D eigenvalue weighted by molar-refractivity contribution is 7.13. The molecule has 1 saturated heterocycles. The number of aromatic nitrogens is 2. The van der Waals surface area contributed by atoms with E-state index in [0.29, 0.717) is 37.0 Å². The summed E-state index contributed by atoms with van der Waals surface area (Å²) in [7, 11) is 4.88.